The lowest BCUT2D eigenvalue weighted by molar-refractivity contribution is 0.185. The molecule has 1 aromatic carbocycles. The van der Waals surface area contributed by atoms with Crippen molar-refractivity contribution in [3.8, 4) is 0 Å². The second-order valence-electron chi connectivity index (χ2n) is 5.38. The van der Waals surface area contributed by atoms with Gasteiger partial charge in [-0.2, -0.15) is 11.8 Å². The number of rotatable bonds is 7. The van der Waals surface area contributed by atoms with Gasteiger partial charge >= 0.3 is 0 Å². The molecule has 21 heavy (non-hydrogen) atoms. The number of nitrogens with two attached hydrogens (primary N) is 1. The molecule has 1 heterocycles. The number of anilines is 1. The summed E-state index contributed by atoms with van der Waals surface area (Å²) in [6.45, 7) is 7.26. The fraction of sp³-hybridized carbons (Fsp3) is 0.625. The van der Waals surface area contributed by atoms with Gasteiger partial charge in [-0.25, -0.2) is 0 Å². The number of halogens is 1. The maximum absolute atomic E-state index is 6.08. The zero-order valence-electron chi connectivity index (χ0n) is 12.8. The highest BCUT2D eigenvalue weighted by Crippen LogP contribution is 2.21. The van der Waals surface area contributed by atoms with Crippen LogP contribution in [-0.4, -0.2) is 55.2 Å². The molecule has 0 radical (unpaired) electrons. The summed E-state index contributed by atoms with van der Waals surface area (Å²) in [4.78, 5) is 4.97. The van der Waals surface area contributed by atoms with Gasteiger partial charge in [-0.3, -0.25) is 4.90 Å². The lowest BCUT2D eigenvalue weighted by Crippen LogP contribution is -2.52. The number of piperazine rings is 1. The highest BCUT2D eigenvalue weighted by atomic mass is 35.5. The Morgan fingerprint density at radius 3 is 2.67 bits per heavy atom. The molecule has 0 aromatic heterocycles. The van der Waals surface area contributed by atoms with Gasteiger partial charge in [0.25, 0.3) is 0 Å². The van der Waals surface area contributed by atoms with E-state index >= 15 is 0 Å². The van der Waals surface area contributed by atoms with Crippen LogP contribution in [0.25, 0.3) is 0 Å². The van der Waals surface area contributed by atoms with E-state index in [1.165, 1.54) is 23.6 Å². The number of nitrogens with zero attached hydrogens (tertiary/aromatic N) is 2. The molecule has 1 saturated heterocycles. The number of hydrogen-bond acceptors (Lipinski definition) is 4. The first-order valence-electron chi connectivity index (χ1n) is 7.77. The van der Waals surface area contributed by atoms with Crippen molar-refractivity contribution in [2.24, 2.45) is 5.73 Å². The Morgan fingerprint density at radius 2 is 2.05 bits per heavy atom. The average Bonchev–Trinajstić information content (AvgIpc) is 2.52. The van der Waals surface area contributed by atoms with E-state index in [4.69, 9.17) is 17.3 Å². The average molecular weight is 328 g/mol. The molecule has 1 aliphatic rings. The van der Waals surface area contributed by atoms with Gasteiger partial charge in [-0.1, -0.05) is 24.6 Å². The van der Waals surface area contributed by atoms with Crippen LogP contribution < -0.4 is 10.6 Å². The molecule has 0 amide bonds. The van der Waals surface area contributed by atoms with Gasteiger partial charge in [0.2, 0.25) is 0 Å². The molecule has 5 heteroatoms. The van der Waals surface area contributed by atoms with Crippen LogP contribution >= 0.6 is 23.4 Å². The first kappa shape index (κ1) is 16.9. The van der Waals surface area contributed by atoms with Crippen molar-refractivity contribution < 1.29 is 0 Å². The molecule has 1 aromatic rings. The van der Waals surface area contributed by atoms with Crippen molar-refractivity contribution in [3.63, 3.8) is 0 Å². The molecule has 0 spiro atoms. The van der Waals surface area contributed by atoms with Crippen LogP contribution in [-0.2, 0) is 0 Å². The van der Waals surface area contributed by atoms with E-state index in [1.54, 1.807) is 0 Å². The summed E-state index contributed by atoms with van der Waals surface area (Å²) in [6, 6.07) is 8.67. The van der Waals surface area contributed by atoms with Crippen molar-refractivity contribution in [3.05, 3.63) is 29.3 Å². The second-order valence-corrected chi connectivity index (χ2v) is 7.21. The zero-order chi connectivity index (χ0) is 15.1. The van der Waals surface area contributed by atoms with E-state index in [1.807, 2.05) is 23.9 Å². The van der Waals surface area contributed by atoms with E-state index in [9.17, 15) is 0 Å². The van der Waals surface area contributed by atoms with Gasteiger partial charge < -0.3 is 10.6 Å². The molecular weight excluding hydrogens is 302 g/mol. The second kappa shape index (κ2) is 8.89. The Balaban J connectivity index is 1.84. The molecule has 1 aliphatic heterocycles. The summed E-state index contributed by atoms with van der Waals surface area (Å²) >= 11 is 8.09. The van der Waals surface area contributed by atoms with Gasteiger partial charge in [0.1, 0.15) is 0 Å². The third-order valence-electron chi connectivity index (χ3n) is 4.08. The zero-order valence-corrected chi connectivity index (χ0v) is 14.4. The molecular formula is C16H26ClN3S. The highest BCUT2D eigenvalue weighted by molar-refractivity contribution is 7.99. The van der Waals surface area contributed by atoms with Crippen LogP contribution in [0.15, 0.2) is 24.3 Å². The Bertz CT molecular complexity index is 422. The minimum atomic E-state index is 0.533. The van der Waals surface area contributed by atoms with E-state index < -0.39 is 0 Å². The smallest absolute Gasteiger partial charge is 0.0426 e. The summed E-state index contributed by atoms with van der Waals surface area (Å²) in [7, 11) is 0. The predicted molar refractivity (Wildman–Crippen MR) is 95.7 cm³/mol. The SMILES string of the molecule is CCSCCC(CN)N1CCN(c2cccc(Cl)c2)CC1. The van der Waals surface area contributed by atoms with Crippen LogP contribution in [0, 0.1) is 0 Å². The van der Waals surface area contributed by atoms with Crippen LogP contribution in [0.5, 0.6) is 0 Å². The largest absolute Gasteiger partial charge is 0.369 e. The van der Waals surface area contributed by atoms with Crippen molar-refractivity contribution in [2.75, 3.05) is 49.1 Å². The third-order valence-corrected chi connectivity index (χ3v) is 5.24. The lowest BCUT2D eigenvalue weighted by atomic mass is 10.1. The molecule has 3 nitrogen and oxygen atoms in total. The first-order valence-corrected chi connectivity index (χ1v) is 9.30. The van der Waals surface area contributed by atoms with E-state index in [0.29, 0.717) is 6.04 Å². The standard InChI is InChI=1S/C16H26ClN3S/c1-2-21-11-6-16(13-18)20-9-7-19(8-10-20)15-5-3-4-14(17)12-15/h3-5,12,16H,2,6-11,13,18H2,1H3. The number of hydrogen-bond donors (Lipinski definition) is 1. The molecule has 1 unspecified atom stereocenters. The van der Waals surface area contributed by atoms with E-state index in [0.717, 1.165) is 37.7 Å². The fourth-order valence-corrected chi connectivity index (χ4v) is 3.74. The van der Waals surface area contributed by atoms with Crippen LogP contribution in [0.2, 0.25) is 5.02 Å². The summed E-state index contributed by atoms with van der Waals surface area (Å²) in [5.74, 6) is 2.41. The molecule has 1 fully saturated rings. The molecule has 118 valence electrons. The normalized spacial score (nSPS) is 18.0. The van der Waals surface area contributed by atoms with Gasteiger partial charge in [-0.05, 0) is 36.1 Å². The summed E-state index contributed by atoms with van der Waals surface area (Å²) in [5.41, 5.74) is 7.20. The Kier molecular flexibility index (Phi) is 7.17. The Hall–Kier alpha value is -0.420. The summed E-state index contributed by atoms with van der Waals surface area (Å²) < 4.78 is 0. The summed E-state index contributed by atoms with van der Waals surface area (Å²) in [5, 5.41) is 0.811. The van der Waals surface area contributed by atoms with Gasteiger partial charge in [0.05, 0.1) is 0 Å². The quantitative estimate of drug-likeness (QED) is 0.780. The van der Waals surface area contributed by atoms with Gasteiger partial charge in [0.15, 0.2) is 0 Å². The fourth-order valence-electron chi connectivity index (χ4n) is 2.83. The molecule has 0 saturated carbocycles. The molecule has 2 N–H and O–H groups in total. The topological polar surface area (TPSA) is 32.5 Å². The minimum Gasteiger partial charge on any atom is -0.369 e. The summed E-state index contributed by atoms with van der Waals surface area (Å²) in [6.07, 6.45) is 1.20. The molecule has 1 atom stereocenters. The molecule has 0 bridgehead atoms. The molecule has 2 rings (SSSR count). The molecule has 0 aliphatic carbocycles. The maximum atomic E-state index is 6.08. The monoisotopic (exact) mass is 327 g/mol. The third kappa shape index (κ3) is 5.06. The Labute approximate surface area is 137 Å². The van der Waals surface area contributed by atoms with E-state index in [2.05, 4.69) is 28.9 Å². The number of thioether (sulfide) groups is 1. The van der Waals surface area contributed by atoms with Crippen molar-refractivity contribution in [2.45, 2.75) is 19.4 Å². The lowest BCUT2D eigenvalue weighted by Gasteiger charge is -2.40. The van der Waals surface area contributed by atoms with Crippen LogP contribution in [0.3, 0.4) is 0 Å². The van der Waals surface area contributed by atoms with Crippen molar-refractivity contribution in [1.29, 1.82) is 0 Å². The maximum Gasteiger partial charge on any atom is 0.0426 e. The number of benzene rings is 1. The van der Waals surface area contributed by atoms with Crippen molar-refractivity contribution >= 4 is 29.1 Å². The minimum absolute atomic E-state index is 0.533. The van der Waals surface area contributed by atoms with Gasteiger partial charge in [-0.15, -0.1) is 0 Å². The first-order chi connectivity index (χ1) is 10.2. The van der Waals surface area contributed by atoms with Gasteiger partial charge in [0, 0.05) is 49.5 Å². The van der Waals surface area contributed by atoms with Crippen LogP contribution in [0.1, 0.15) is 13.3 Å². The highest BCUT2D eigenvalue weighted by Gasteiger charge is 2.22. The van der Waals surface area contributed by atoms with E-state index in [-0.39, 0.29) is 0 Å². The van der Waals surface area contributed by atoms with Crippen LogP contribution in [0.4, 0.5) is 5.69 Å². The Morgan fingerprint density at radius 1 is 1.29 bits per heavy atom. The predicted octanol–water partition coefficient (Wildman–Crippen LogP) is 2.93. The van der Waals surface area contributed by atoms with Crippen molar-refractivity contribution in [1.82, 2.24) is 4.90 Å².